The fraction of sp³-hybridized carbons (Fsp3) is 0.0769. The van der Waals surface area contributed by atoms with Gasteiger partial charge in [0, 0.05) is 12.3 Å². The number of nitrogen functional groups attached to an aromatic ring is 1. The van der Waals surface area contributed by atoms with Gasteiger partial charge in [-0.3, -0.25) is 4.98 Å². The number of benzene rings is 1. The third-order valence-corrected chi connectivity index (χ3v) is 2.34. The van der Waals surface area contributed by atoms with Gasteiger partial charge in [0.2, 0.25) is 0 Å². The van der Waals surface area contributed by atoms with Crippen LogP contribution in [0.25, 0.3) is 0 Å². The number of anilines is 1. The van der Waals surface area contributed by atoms with Crippen molar-refractivity contribution in [1.29, 1.82) is 5.26 Å². The lowest BCUT2D eigenvalue weighted by Gasteiger charge is -2.10. The molecule has 90 valence electrons. The van der Waals surface area contributed by atoms with Crippen molar-refractivity contribution in [3.63, 3.8) is 0 Å². The van der Waals surface area contributed by atoms with Crippen LogP contribution in [0.2, 0.25) is 0 Å². The average Bonchev–Trinajstić information content (AvgIpc) is 2.41. The maximum absolute atomic E-state index is 8.94. The van der Waals surface area contributed by atoms with E-state index < -0.39 is 0 Å². The van der Waals surface area contributed by atoms with Gasteiger partial charge >= 0.3 is 0 Å². The summed E-state index contributed by atoms with van der Waals surface area (Å²) in [4.78, 5) is 3.91. The highest BCUT2D eigenvalue weighted by Gasteiger charge is 2.07. The van der Waals surface area contributed by atoms with Crippen LogP contribution in [0, 0.1) is 11.3 Å². The summed E-state index contributed by atoms with van der Waals surface area (Å²) in [6.45, 7) is 0. The number of ether oxygens (including phenoxy) is 2. The van der Waals surface area contributed by atoms with E-state index in [0.29, 0.717) is 28.5 Å². The van der Waals surface area contributed by atoms with Gasteiger partial charge in [-0.2, -0.15) is 5.26 Å². The number of nitrogens with two attached hydrogens (primary N) is 1. The topological polar surface area (TPSA) is 81.2 Å². The Kier molecular flexibility index (Phi) is 3.30. The zero-order chi connectivity index (χ0) is 13.0. The molecule has 2 rings (SSSR count). The van der Waals surface area contributed by atoms with Crippen molar-refractivity contribution in [3.05, 3.63) is 42.2 Å². The van der Waals surface area contributed by atoms with Gasteiger partial charge < -0.3 is 15.2 Å². The summed E-state index contributed by atoms with van der Waals surface area (Å²) in [5, 5.41) is 8.94. The van der Waals surface area contributed by atoms with Crippen LogP contribution in [0.15, 0.2) is 36.7 Å². The number of rotatable bonds is 3. The smallest absolute Gasteiger partial charge is 0.163 e. The summed E-state index contributed by atoms with van der Waals surface area (Å²) in [6, 6.07) is 8.67. The van der Waals surface area contributed by atoms with Crippen LogP contribution in [-0.2, 0) is 0 Å². The predicted octanol–water partition coefficient (Wildman–Crippen LogP) is 2.34. The zero-order valence-electron chi connectivity index (χ0n) is 9.75. The molecule has 0 aliphatic rings. The van der Waals surface area contributed by atoms with Crippen LogP contribution in [0.5, 0.6) is 17.2 Å². The third kappa shape index (κ3) is 2.33. The molecule has 18 heavy (non-hydrogen) atoms. The van der Waals surface area contributed by atoms with E-state index in [1.807, 2.05) is 6.07 Å². The largest absolute Gasteiger partial charge is 0.497 e. The molecule has 0 saturated carbocycles. The molecule has 2 aromatic rings. The summed E-state index contributed by atoms with van der Waals surface area (Å²) in [5.41, 5.74) is 6.66. The molecule has 1 aromatic heterocycles. The first-order valence-electron chi connectivity index (χ1n) is 5.20. The van der Waals surface area contributed by atoms with E-state index in [4.69, 9.17) is 20.5 Å². The lowest BCUT2D eigenvalue weighted by atomic mass is 10.2. The van der Waals surface area contributed by atoms with E-state index in [1.165, 1.54) is 12.4 Å². The van der Waals surface area contributed by atoms with Gasteiger partial charge in [0.15, 0.2) is 11.5 Å². The summed E-state index contributed by atoms with van der Waals surface area (Å²) in [7, 11) is 1.56. The maximum Gasteiger partial charge on any atom is 0.163 e. The van der Waals surface area contributed by atoms with E-state index in [1.54, 1.807) is 31.4 Å². The second-order valence-electron chi connectivity index (χ2n) is 3.49. The highest BCUT2D eigenvalue weighted by atomic mass is 16.5. The van der Waals surface area contributed by atoms with Crippen LogP contribution in [-0.4, -0.2) is 12.1 Å². The molecule has 5 nitrogen and oxygen atoms in total. The minimum atomic E-state index is 0.372. The Labute approximate surface area is 104 Å². The zero-order valence-corrected chi connectivity index (χ0v) is 9.75. The Morgan fingerprint density at radius 3 is 2.78 bits per heavy atom. The van der Waals surface area contributed by atoms with Crippen molar-refractivity contribution in [2.45, 2.75) is 0 Å². The molecule has 0 aliphatic heterocycles. The van der Waals surface area contributed by atoms with Crippen molar-refractivity contribution in [1.82, 2.24) is 4.98 Å². The third-order valence-electron chi connectivity index (χ3n) is 2.34. The maximum atomic E-state index is 8.94. The van der Waals surface area contributed by atoms with Crippen LogP contribution in [0.4, 0.5) is 5.69 Å². The average molecular weight is 241 g/mol. The first kappa shape index (κ1) is 11.7. The van der Waals surface area contributed by atoms with Crippen molar-refractivity contribution in [2.24, 2.45) is 0 Å². The van der Waals surface area contributed by atoms with Crippen LogP contribution in [0.1, 0.15) is 5.56 Å². The van der Waals surface area contributed by atoms with E-state index in [9.17, 15) is 0 Å². The Bertz CT molecular complexity index is 605. The second kappa shape index (κ2) is 5.06. The van der Waals surface area contributed by atoms with E-state index in [2.05, 4.69) is 4.98 Å². The van der Waals surface area contributed by atoms with Crippen molar-refractivity contribution >= 4 is 5.69 Å². The first-order chi connectivity index (χ1) is 8.74. The fourth-order valence-corrected chi connectivity index (χ4v) is 1.42. The Morgan fingerprint density at radius 2 is 2.11 bits per heavy atom. The summed E-state index contributed by atoms with van der Waals surface area (Å²) >= 11 is 0. The number of nitrogens with zero attached hydrogens (tertiary/aromatic N) is 2. The molecule has 0 bridgehead atoms. The normalized spacial score (nSPS) is 9.56. The molecule has 0 amide bonds. The number of hydrogen-bond acceptors (Lipinski definition) is 5. The van der Waals surface area contributed by atoms with Crippen LogP contribution in [0.3, 0.4) is 0 Å². The van der Waals surface area contributed by atoms with E-state index >= 15 is 0 Å². The molecule has 1 aromatic carbocycles. The second-order valence-corrected chi connectivity index (χ2v) is 3.49. The monoisotopic (exact) mass is 241 g/mol. The highest BCUT2D eigenvalue weighted by Crippen LogP contribution is 2.31. The lowest BCUT2D eigenvalue weighted by molar-refractivity contribution is 0.413. The lowest BCUT2D eigenvalue weighted by Crippen LogP contribution is -1.95. The van der Waals surface area contributed by atoms with Gasteiger partial charge in [0.25, 0.3) is 0 Å². The number of methoxy groups -OCH3 is 1. The Hall–Kier alpha value is -2.74. The number of nitriles is 1. The standard InChI is InChI=1S/C13H11N3O2/c1-17-10-2-3-12(11(15)6-10)18-13-8-16-5-4-9(13)7-14/h2-6,8H,15H2,1H3. The molecule has 5 heteroatoms. The molecular weight excluding hydrogens is 230 g/mol. The van der Waals surface area contributed by atoms with Gasteiger partial charge in [-0.05, 0) is 18.2 Å². The molecular formula is C13H11N3O2. The molecule has 1 heterocycles. The minimum Gasteiger partial charge on any atom is -0.497 e. The summed E-state index contributed by atoms with van der Waals surface area (Å²) in [5.74, 6) is 1.48. The van der Waals surface area contributed by atoms with Gasteiger partial charge in [0.05, 0.1) is 24.6 Å². The van der Waals surface area contributed by atoms with Gasteiger partial charge in [-0.1, -0.05) is 0 Å². The Morgan fingerprint density at radius 1 is 1.28 bits per heavy atom. The van der Waals surface area contributed by atoms with Crippen LogP contribution >= 0.6 is 0 Å². The van der Waals surface area contributed by atoms with Crippen molar-refractivity contribution in [3.8, 4) is 23.3 Å². The van der Waals surface area contributed by atoms with Gasteiger partial charge in [-0.15, -0.1) is 0 Å². The first-order valence-corrected chi connectivity index (χ1v) is 5.20. The number of pyridine rings is 1. The van der Waals surface area contributed by atoms with E-state index in [0.717, 1.165) is 0 Å². The quantitative estimate of drug-likeness (QED) is 0.834. The SMILES string of the molecule is COc1ccc(Oc2cnccc2C#N)c(N)c1. The number of hydrogen-bond donors (Lipinski definition) is 1. The van der Waals surface area contributed by atoms with Crippen LogP contribution < -0.4 is 15.2 Å². The molecule has 0 spiro atoms. The molecule has 2 N–H and O–H groups in total. The molecule has 0 fully saturated rings. The summed E-state index contributed by atoms with van der Waals surface area (Å²) in [6.07, 6.45) is 3.00. The van der Waals surface area contributed by atoms with Gasteiger partial charge in [-0.25, -0.2) is 0 Å². The van der Waals surface area contributed by atoms with E-state index in [-0.39, 0.29) is 0 Å². The molecule has 0 aliphatic carbocycles. The fourth-order valence-electron chi connectivity index (χ4n) is 1.42. The predicted molar refractivity (Wildman–Crippen MR) is 66.4 cm³/mol. The molecule has 0 unspecified atom stereocenters. The summed E-state index contributed by atoms with van der Waals surface area (Å²) < 4.78 is 10.6. The molecule has 0 radical (unpaired) electrons. The van der Waals surface area contributed by atoms with Crippen molar-refractivity contribution < 1.29 is 9.47 Å². The minimum absolute atomic E-state index is 0.372. The Balaban J connectivity index is 2.32. The van der Waals surface area contributed by atoms with Crippen molar-refractivity contribution in [2.75, 3.05) is 12.8 Å². The number of aromatic nitrogens is 1. The highest BCUT2D eigenvalue weighted by molar-refractivity contribution is 5.58. The van der Waals surface area contributed by atoms with Gasteiger partial charge in [0.1, 0.15) is 11.8 Å². The molecule has 0 atom stereocenters. The molecule has 0 saturated heterocycles.